The highest BCUT2D eigenvalue weighted by atomic mass is 79.9. The molecule has 2 aromatic rings. The molecular weight excluding hydrogens is 286 g/mol. The van der Waals surface area contributed by atoms with Gasteiger partial charge in [-0.2, -0.15) is 0 Å². The van der Waals surface area contributed by atoms with Gasteiger partial charge in [0, 0.05) is 0 Å². The minimum absolute atomic E-state index is 0.0755. The fourth-order valence-corrected chi connectivity index (χ4v) is 2.70. The third kappa shape index (κ3) is 2.45. The van der Waals surface area contributed by atoms with Crippen molar-refractivity contribution in [3.05, 3.63) is 50.6 Å². The molecule has 0 aliphatic heterocycles. The van der Waals surface area contributed by atoms with Crippen LogP contribution >= 0.6 is 27.3 Å². The van der Waals surface area contributed by atoms with Gasteiger partial charge in [0.1, 0.15) is 5.75 Å². The quantitative estimate of drug-likeness (QED) is 0.940. The van der Waals surface area contributed by atoms with E-state index in [0.717, 1.165) is 20.7 Å². The lowest BCUT2D eigenvalue weighted by Gasteiger charge is -2.10. The van der Waals surface area contributed by atoms with Crippen molar-refractivity contribution >= 4 is 27.3 Å². The number of rotatable bonds is 3. The van der Waals surface area contributed by atoms with E-state index in [0.29, 0.717) is 0 Å². The summed E-state index contributed by atoms with van der Waals surface area (Å²) in [5.41, 5.74) is 8.38. The van der Waals surface area contributed by atoms with E-state index in [1.165, 1.54) is 0 Å². The molecular formula is C12H12BrNOS. The van der Waals surface area contributed by atoms with Crippen LogP contribution in [0, 0.1) is 0 Å². The standard InChI is InChI=1S/C12H12BrNOS/c1-15-10-4-2-8(3-5-10)12(14)9-6-11(13)16-7-9/h2-7,12H,14H2,1H3. The summed E-state index contributed by atoms with van der Waals surface area (Å²) in [6, 6.07) is 9.82. The Kier molecular flexibility index (Phi) is 3.63. The second kappa shape index (κ2) is 4.99. The van der Waals surface area contributed by atoms with Crippen molar-refractivity contribution in [2.75, 3.05) is 7.11 Å². The van der Waals surface area contributed by atoms with E-state index in [-0.39, 0.29) is 6.04 Å². The van der Waals surface area contributed by atoms with Gasteiger partial charge in [0.05, 0.1) is 16.9 Å². The number of hydrogen-bond donors (Lipinski definition) is 1. The summed E-state index contributed by atoms with van der Waals surface area (Å²) >= 11 is 5.09. The van der Waals surface area contributed by atoms with Gasteiger partial charge in [-0.3, -0.25) is 0 Å². The Labute approximate surface area is 107 Å². The molecule has 0 saturated heterocycles. The highest BCUT2D eigenvalue weighted by Crippen LogP contribution is 2.28. The molecule has 0 saturated carbocycles. The van der Waals surface area contributed by atoms with E-state index >= 15 is 0 Å². The van der Waals surface area contributed by atoms with Gasteiger partial charge in [0.15, 0.2) is 0 Å². The summed E-state index contributed by atoms with van der Waals surface area (Å²) in [6.07, 6.45) is 0. The first-order valence-corrected chi connectivity index (χ1v) is 6.51. The predicted molar refractivity (Wildman–Crippen MR) is 71.0 cm³/mol. The highest BCUT2D eigenvalue weighted by molar-refractivity contribution is 9.11. The van der Waals surface area contributed by atoms with Gasteiger partial charge >= 0.3 is 0 Å². The Morgan fingerprint density at radius 1 is 1.25 bits per heavy atom. The third-order valence-electron chi connectivity index (χ3n) is 2.42. The number of benzene rings is 1. The summed E-state index contributed by atoms with van der Waals surface area (Å²) < 4.78 is 6.22. The molecule has 0 fully saturated rings. The largest absolute Gasteiger partial charge is 0.497 e. The number of halogens is 1. The molecule has 1 heterocycles. The van der Waals surface area contributed by atoms with Gasteiger partial charge < -0.3 is 10.5 Å². The lowest BCUT2D eigenvalue weighted by Crippen LogP contribution is -2.10. The van der Waals surface area contributed by atoms with E-state index in [1.807, 2.05) is 24.3 Å². The molecule has 2 nitrogen and oxygen atoms in total. The molecule has 2 N–H and O–H groups in total. The van der Waals surface area contributed by atoms with Crippen molar-refractivity contribution in [1.82, 2.24) is 0 Å². The van der Waals surface area contributed by atoms with Crippen LogP contribution in [0.5, 0.6) is 5.75 Å². The van der Waals surface area contributed by atoms with Crippen LogP contribution in [-0.4, -0.2) is 7.11 Å². The highest BCUT2D eigenvalue weighted by Gasteiger charge is 2.10. The maximum atomic E-state index is 6.17. The number of methoxy groups -OCH3 is 1. The van der Waals surface area contributed by atoms with Crippen molar-refractivity contribution in [3.8, 4) is 5.75 Å². The summed E-state index contributed by atoms with van der Waals surface area (Å²) in [7, 11) is 1.66. The topological polar surface area (TPSA) is 35.2 Å². The average molecular weight is 298 g/mol. The molecule has 16 heavy (non-hydrogen) atoms. The van der Waals surface area contributed by atoms with Gasteiger partial charge in [-0.1, -0.05) is 12.1 Å². The summed E-state index contributed by atoms with van der Waals surface area (Å²) in [5, 5.41) is 2.07. The SMILES string of the molecule is COc1ccc(C(N)c2csc(Br)c2)cc1. The molecule has 1 unspecified atom stereocenters. The van der Waals surface area contributed by atoms with Crippen molar-refractivity contribution < 1.29 is 4.74 Å². The molecule has 84 valence electrons. The maximum absolute atomic E-state index is 6.17. The fourth-order valence-electron chi connectivity index (χ4n) is 1.49. The van der Waals surface area contributed by atoms with E-state index < -0.39 is 0 Å². The smallest absolute Gasteiger partial charge is 0.118 e. The third-order valence-corrected chi connectivity index (χ3v) is 3.94. The monoisotopic (exact) mass is 297 g/mol. The minimum atomic E-state index is -0.0755. The van der Waals surface area contributed by atoms with Crippen molar-refractivity contribution in [2.45, 2.75) is 6.04 Å². The van der Waals surface area contributed by atoms with Gasteiger partial charge in [0.25, 0.3) is 0 Å². The lowest BCUT2D eigenvalue weighted by molar-refractivity contribution is 0.414. The first-order chi connectivity index (χ1) is 7.70. The van der Waals surface area contributed by atoms with Crippen LogP contribution in [0.1, 0.15) is 17.2 Å². The molecule has 1 aromatic heterocycles. The van der Waals surface area contributed by atoms with Crippen molar-refractivity contribution in [3.63, 3.8) is 0 Å². The predicted octanol–water partition coefficient (Wildman–Crippen LogP) is 3.57. The zero-order valence-corrected chi connectivity index (χ0v) is 11.2. The Morgan fingerprint density at radius 3 is 2.44 bits per heavy atom. The molecule has 0 aliphatic rings. The van der Waals surface area contributed by atoms with Crippen LogP contribution in [0.2, 0.25) is 0 Å². The van der Waals surface area contributed by atoms with E-state index in [4.69, 9.17) is 10.5 Å². The van der Waals surface area contributed by atoms with Crippen LogP contribution in [0.15, 0.2) is 39.5 Å². The Bertz CT molecular complexity index is 466. The molecule has 0 bridgehead atoms. The number of nitrogens with two attached hydrogens (primary N) is 1. The maximum Gasteiger partial charge on any atom is 0.118 e. The van der Waals surface area contributed by atoms with E-state index in [1.54, 1.807) is 18.4 Å². The Hall–Kier alpha value is -0.840. The van der Waals surface area contributed by atoms with Gasteiger partial charge in [-0.25, -0.2) is 0 Å². The molecule has 0 aliphatic carbocycles. The summed E-state index contributed by atoms with van der Waals surface area (Å²) in [6.45, 7) is 0. The first kappa shape index (κ1) is 11.6. The average Bonchev–Trinajstić information content (AvgIpc) is 2.75. The van der Waals surface area contributed by atoms with Gasteiger partial charge in [0.2, 0.25) is 0 Å². The molecule has 0 spiro atoms. The van der Waals surface area contributed by atoms with Crippen LogP contribution in [0.4, 0.5) is 0 Å². The van der Waals surface area contributed by atoms with Crippen LogP contribution in [0.3, 0.4) is 0 Å². The Morgan fingerprint density at radius 2 is 1.94 bits per heavy atom. The van der Waals surface area contributed by atoms with Gasteiger partial charge in [-0.15, -0.1) is 11.3 Å². The molecule has 1 aromatic carbocycles. The van der Waals surface area contributed by atoms with Crippen molar-refractivity contribution in [2.24, 2.45) is 5.73 Å². The molecule has 1 atom stereocenters. The van der Waals surface area contributed by atoms with Crippen LogP contribution in [0.25, 0.3) is 0 Å². The first-order valence-electron chi connectivity index (χ1n) is 4.84. The summed E-state index contributed by atoms with van der Waals surface area (Å²) in [4.78, 5) is 0. The van der Waals surface area contributed by atoms with Crippen LogP contribution < -0.4 is 10.5 Å². The zero-order valence-electron chi connectivity index (χ0n) is 8.81. The summed E-state index contributed by atoms with van der Waals surface area (Å²) in [5.74, 6) is 0.849. The molecule has 0 radical (unpaired) electrons. The second-order valence-electron chi connectivity index (χ2n) is 3.43. The van der Waals surface area contributed by atoms with Gasteiger partial charge in [-0.05, 0) is 50.6 Å². The fraction of sp³-hybridized carbons (Fsp3) is 0.167. The zero-order chi connectivity index (χ0) is 11.5. The molecule has 4 heteroatoms. The normalized spacial score (nSPS) is 12.4. The van der Waals surface area contributed by atoms with E-state index in [9.17, 15) is 0 Å². The molecule has 0 amide bonds. The van der Waals surface area contributed by atoms with Crippen LogP contribution in [-0.2, 0) is 0 Å². The Balaban J connectivity index is 2.23. The number of thiophene rings is 1. The number of hydrogen-bond acceptors (Lipinski definition) is 3. The number of ether oxygens (including phenoxy) is 1. The second-order valence-corrected chi connectivity index (χ2v) is 5.73. The minimum Gasteiger partial charge on any atom is -0.497 e. The molecule has 2 rings (SSSR count). The van der Waals surface area contributed by atoms with E-state index in [2.05, 4.69) is 27.4 Å². The lowest BCUT2D eigenvalue weighted by atomic mass is 10.0. The van der Waals surface area contributed by atoms with Crippen molar-refractivity contribution in [1.29, 1.82) is 0 Å².